The summed E-state index contributed by atoms with van der Waals surface area (Å²) in [4.78, 5) is 44.0. The van der Waals surface area contributed by atoms with Crippen LogP contribution in [0.15, 0.2) is 48.5 Å². The van der Waals surface area contributed by atoms with Gasteiger partial charge in [0, 0.05) is 37.1 Å². The van der Waals surface area contributed by atoms with Crippen molar-refractivity contribution in [3.05, 3.63) is 76.6 Å². The van der Waals surface area contributed by atoms with Gasteiger partial charge in [0.1, 0.15) is 0 Å². The number of fused-ring (bicyclic) bond motifs is 1. The van der Waals surface area contributed by atoms with Gasteiger partial charge in [0.15, 0.2) is 5.69 Å². The van der Waals surface area contributed by atoms with Gasteiger partial charge in [-0.25, -0.2) is 9.48 Å². The molecule has 0 saturated heterocycles. The normalized spacial score (nSPS) is 14.3. The van der Waals surface area contributed by atoms with Gasteiger partial charge in [0.2, 0.25) is 0 Å². The molecule has 10 heteroatoms. The van der Waals surface area contributed by atoms with Crippen LogP contribution in [-0.2, 0) is 13.0 Å². The lowest BCUT2D eigenvalue weighted by atomic mass is 9.93. The minimum Gasteiger partial charge on any atom is -0.394 e. The second-order valence-electron chi connectivity index (χ2n) is 11.8. The fourth-order valence-electron chi connectivity index (χ4n) is 5.54. The molecule has 1 aromatic heterocycles. The summed E-state index contributed by atoms with van der Waals surface area (Å²) in [6.07, 6.45) is 4.34. The predicted octanol–water partition coefficient (Wildman–Crippen LogP) is 5.31. The Morgan fingerprint density at radius 3 is 2.34 bits per heavy atom. The molecule has 0 aliphatic carbocycles. The third-order valence-electron chi connectivity index (χ3n) is 7.92. The molecule has 4 rings (SSSR count). The van der Waals surface area contributed by atoms with E-state index in [0.717, 1.165) is 36.8 Å². The van der Waals surface area contributed by atoms with Crippen LogP contribution in [0.5, 0.6) is 0 Å². The van der Waals surface area contributed by atoms with Crippen LogP contribution >= 0.6 is 0 Å². The molecule has 4 amide bonds. The molecule has 0 spiro atoms. The molecular formula is C34H46N6O4. The molecule has 0 fully saturated rings. The van der Waals surface area contributed by atoms with Crippen LogP contribution in [0.3, 0.4) is 0 Å². The summed E-state index contributed by atoms with van der Waals surface area (Å²) >= 11 is 0. The fraction of sp³-hybridized carbons (Fsp3) is 0.471. The number of carbonyl (C=O) groups is 3. The second-order valence-corrected chi connectivity index (χ2v) is 11.8. The molecule has 2 aromatic carbocycles. The summed E-state index contributed by atoms with van der Waals surface area (Å²) in [6.45, 7) is 11.3. The molecule has 1 aliphatic rings. The Bertz CT molecular complexity index is 1460. The molecule has 3 N–H and O–H groups in total. The molecule has 0 radical (unpaired) electrons. The smallest absolute Gasteiger partial charge is 0.319 e. The predicted molar refractivity (Wildman–Crippen MR) is 172 cm³/mol. The monoisotopic (exact) mass is 602 g/mol. The van der Waals surface area contributed by atoms with Crippen molar-refractivity contribution >= 4 is 23.5 Å². The summed E-state index contributed by atoms with van der Waals surface area (Å²) in [6, 6.07) is 13.9. The number of nitrogens with zero attached hydrogens (tertiary/aromatic N) is 4. The van der Waals surface area contributed by atoms with Crippen molar-refractivity contribution in [1.29, 1.82) is 0 Å². The zero-order valence-corrected chi connectivity index (χ0v) is 26.6. The van der Waals surface area contributed by atoms with Crippen molar-refractivity contribution in [2.24, 2.45) is 0 Å². The Hall–Kier alpha value is -4.18. The number of carbonyl (C=O) groups excluding carboxylic acids is 3. The standard InChI is InChI=1S/C34H46N6O4/c1-6-8-16-38(17-9-7-2)33(43)30-18-24(5)40(37-30)31-15-14-27(36-34(44)35-23(3)4)20-29(31)32(42)39-21-26-13-11-10-12-25(26)19-28(39)22-41/h10-15,18,20,23,28,41H,6-9,16-17,19,21-22H2,1-5H3,(H2,35,36,44). The summed E-state index contributed by atoms with van der Waals surface area (Å²) in [5, 5.41) is 20.6. The molecular weight excluding hydrogens is 556 g/mol. The summed E-state index contributed by atoms with van der Waals surface area (Å²) in [5.74, 6) is -0.421. The maximum atomic E-state index is 14.4. The van der Waals surface area contributed by atoms with E-state index < -0.39 is 6.04 Å². The lowest BCUT2D eigenvalue weighted by Gasteiger charge is -2.36. The Morgan fingerprint density at radius 2 is 1.70 bits per heavy atom. The van der Waals surface area contributed by atoms with E-state index >= 15 is 0 Å². The van der Waals surface area contributed by atoms with Crippen molar-refractivity contribution in [2.45, 2.75) is 85.4 Å². The van der Waals surface area contributed by atoms with Crippen molar-refractivity contribution in [3.63, 3.8) is 0 Å². The van der Waals surface area contributed by atoms with Crippen molar-refractivity contribution < 1.29 is 19.5 Å². The van der Waals surface area contributed by atoms with E-state index in [1.54, 1.807) is 33.8 Å². The molecule has 0 bridgehead atoms. The Balaban J connectivity index is 1.74. The van der Waals surface area contributed by atoms with Crippen LogP contribution in [0.2, 0.25) is 0 Å². The summed E-state index contributed by atoms with van der Waals surface area (Å²) in [5.41, 5.74) is 4.41. The van der Waals surface area contributed by atoms with Crippen molar-refractivity contribution in [3.8, 4) is 5.69 Å². The van der Waals surface area contributed by atoms with E-state index in [9.17, 15) is 19.5 Å². The van der Waals surface area contributed by atoms with Crippen LogP contribution in [0.4, 0.5) is 10.5 Å². The molecule has 1 unspecified atom stereocenters. The van der Waals surface area contributed by atoms with Gasteiger partial charge in [-0.3, -0.25) is 9.59 Å². The number of aryl methyl sites for hydroxylation is 1. The van der Waals surface area contributed by atoms with Crippen molar-refractivity contribution in [1.82, 2.24) is 24.9 Å². The highest BCUT2D eigenvalue weighted by molar-refractivity contribution is 6.00. The van der Waals surface area contributed by atoms with Crippen LogP contribution < -0.4 is 10.6 Å². The quantitative estimate of drug-likeness (QED) is 0.260. The first-order valence-electron chi connectivity index (χ1n) is 15.7. The molecule has 44 heavy (non-hydrogen) atoms. The molecule has 2 heterocycles. The number of nitrogens with one attached hydrogen (secondary N) is 2. The first-order valence-corrected chi connectivity index (χ1v) is 15.7. The summed E-state index contributed by atoms with van der Waals surface area (Å²) < 4.78 is 1.63. The molecule has 0 saturated carbocycles. The SMILES string of the molecule is CCCCN(CCCC)C(=O)c1cc(C)n(-c2ccc(NC(=O)NC(C)C)cc2C(=O)N2Cc3ccccc3CC2CO)n1. The van der Waals surface area contributed by atoms with Gasteiger partial charge in [-0.15, -0.1) is 0 Å². The van der Waals surface area contributed by atoms with E-state index in [1.807, 2.05) is 49.9 Å². The van der Waals surface area contributed by atoms with Crippen LogP contribution in [0.1, 0.15) is 91.0 Å². The highest BCUT2D eigenvalue weighted by Gasteiger charge is 2.32. The average Bonchev–Trinajstić information content (AvgIpc) is 3.40. The second kappa shape index (κ2) is 15.0. The maximum Gasteiger partial charge on any atom is 0.319 e. The number of amides is 4. The number of unbranched alkanes of at least 4 members (excludes halogenated alkanes) is 2. The fourth-order valence-corrected chi connectivity index (χ4v) is 5.54. The van der Waals surface area contributed by atoms with Gasteiger partial charge in [0.25, 0.3) is 11.8 Å². The zero-order valence-electron chi connectivity index (χ0n) is 26.6. The molecule has 1 aliphatic heterocycles. The Kier molecular flexibility index (Phi) is 11.2. The number of benzene rings is 2. The van der Waals surface area contributed by atoms with E-state index in [-0.39, 0.29) is 30.5 Å². The lowest BCUT2D eigenvalue weighted by Crippen LogP contribution is -2.46. The maximum absolute atomic E-state index is 14.4. The molecule has 1 atom stereocenters. The molecule has 10 nitrogen and oxygen atoms in total. The van der Waals surface area contributed by atoms with Gasteiger partial charge in [-0.1, -0.05) is 51.0 Å². The topological polar surface area (TPSA) is 120 Å². The van der Waals surface area contributed by atoms with E-state index in [1.165, 1.54) is 0 Å². The van der Waals surface area contributed by atoms with Crippen LogP contribution in [0, 0.1) is 6.92 Å². The largest absolute Gasteiger partial charge is 0.394 e. The van der Waals surface area contributed by atoms with E-state index in [4.69, 9.17) is 5.10 Å². The minimum atomic E-state index is -0.410. The number of hydrogen-bond donors (Lipinski definition) is 3. The highest BCUT2D eigenvalue weighted by atomic mass is 16.3. The van der Waals surface area contributed by atoms with Gasteiger partial charge in [-0.05, 0) is 75.4 Å². The average molecular weight is 603 g/mol. The lowest BCUT2D eigenvalue weighted by molar-refractivity contribution is 0.0544. The number of aromatic nitrogens is 2. The van der Waals surface area contributed by atoms with Gasteiger partial charge >= 0.3 is 6.03 Å². The van der Waals surface area contributed by atoms with Gasteiger partial charge in [-0.2, -0.15) is 5.10 Å². The van der Waals surface area contributed by atoms with Crippen molar-refractivity contribution in [2.75, 3.05) is 25.0 Å². The van der Waals surface area contributed by atoms with Gasteiger partial charge < -0.3 is 25.5 Å². The Labute approximate surface area is 260 Å². The van der Waals surface area contributed by atoms with Crippen LogP contribution in [0.25, 0.3) is 5.69 Å². The number of aliphatic hydroxyl groups is 1. The Morgan fingerprint density at radius 1 is 1.02 bits per heavy atom. The number of anilines is 1. The first kappa shape index (κ1) is 32.7. The number of urea groups is 1. The van der Waals surface area contributed by atoms with Gasteiger partial charge in [0.05, 0.1) is 23.9 Å². The number of aliphatic hydroxyl groups excluding tert-OH is 1. The third-order valence-corrected chi connectivity index (χ3v) is 7.92. The number of rotatable bonds is 12. The van der Waals surface area contributed by atoms with E-state index in [2.05, 4.69) is 24.5 Å². The third kappa shape index (κ3) is 7.66. The molecule has 236 valence electrons. The minimum absolute atomic E-state index is 0.0639. The zero-order chi connectivity index (χ0) is 31.8. The molecule has 3 aromatic rings. The highest BCUT2D eigenvalue weighted by Crippen LogP contribution is 2.29. The van der Waals surface area contributed by atoms with E-state index in [0.29, 0.717) is 54.4 Å². The first-order chi connectivity index (χ1) is 21.2. The van der Waals surface area contributed by atoms with Crippen LogP contribution in [-0.4, -0.2) is 74.3 Å². The summed E-state index contributed by atoms with van der Waals surface area (Å²) in [7, 11) is 0. The number of hydrogen-bond acceptors (Lipinski definition) is 5.